The highest BCUT2D eigenvalue weighted by molar-refractivity contribution is 7.90. The Hall–Kier alpha value is -1.80. The van der Waals surface area contributed by atoms with Crippen LogP contribution < -0.4 is 5.32 Å². The van der Waals surface area contributed by atoms with Gasteiger partial charge in [-0.2, -0.15) is 0 Å². The van der Waals surface area contributed by atoms with E-state index in [0.29, 0.717) is 10.8 Å². The lowest BCUT2D eigenvalue weighted by atomic mass is 10.2. The molecule has 4 rings (SSSR count). The molecule has 2 atom stereocenters. The number of imidazole rings is 1. The van der Waals surface area contributed by atoms with E-state index in [-0.39, 0.29) is 6.23 Å². The number of aryl methyl sites for hydroxylation is 1. The number of benzene rings is 1. The van der Waals surface area contributed by atoms with Crippen molar-refractivity contribution in [3.63, 3.8) is 0 Å². The molecule has 8 heteroatoms. The first-order valence-corrected chi connectivity index (χ1v) is 10.8. The number of pyridine rings is 1. The first kappa shape index (κ1) is 18.6. The number of aromatic nitrogens is 3. The Morgan fingerprint density at radius 3 is 2.81 bits per heavy atom. The predicted molar refractivity (Wildman–Crippen MR) is 108 cm³/mol. The molecule has 0 amide bonds. The Kier molecular flexibility index (Phi) is 5.27. The van der Waals surface area contributed by atoms with Crippen LogP contribution in [-0.2, 0) is 15.9 Å². The molecule has 0 spiro atoms. The topological polar surface area (TPSA) is 75.0 Å². The minimum atomic E-state index is -1.11. The fraction of sp³-hybridized carbons (Fsp3) is 0.368. The third-order valence-electron chi connectivity index (χ3n) is 4.70. The molecule has 1 N–H and O–H groups in total. The lowest BCUT2D eigenvalue weighted by molar-refractivity contribution is -0.0309. The van der Waals surface area contributed by atoms with Gasteiger partial charge in [0.15, 0.2) is 10.5 Å². The van der Waals surface area contributed by atoms with E-state index >= 15 is 0 Å². The maximum atomic E-state index is 12.0. The molecule has 1 saturated heterocycles. The van der Waals surface area contributed by atoms with Gasteiger partial charge in [-0.25, -0.2) is 9.97 Å². The summed E-state index contributed by atoms with van der Waals surface area (Å²) in [6.45, 7) is 2.69. The summed E-state index contributed by atoms with van der Waals surface area (Å²) in [6, 6.07) is 9.26. The number of ether oxygens (including phenoxy) is 1. The number of hydrogen-bond acceptors (Lipinski definition) is 5. The van der Waals surface area contributed by atoms with Gasteiger partial charge in [0.2, 0.25) is 0 Å². The summed E-state index contributed by atoms with van der Waals surface area (Å²) in [5.74, 6) is 0.835. The molecule has 1 aromatic carbocycles. The largest absolute Gasteiger partial charge is 0.612 e. The van der Waals surface area contributed by atoms with Crippen LogP contribution in [0.4, 0.5) is 11.4 Å². The van der Waals surface area contributed by atoms with Crippen LogP contribution in [0.5, 0.6) is 0 Å². The number of fused-ring (bicyclic) bond motifs is 1. The molecule has 0 bridgehead atoms. The normalized spacial score (nSPS) is 18.6. The van der Waals surface area contributed by atoms with E-state index in [0.717, 1.165) is 53.5 Å². The molecule has 1 aliphatic heterocycles. The average Bonchev–Trinajstić information content (AvgIpc) is 2.98. The van der Waals surface area contributed by atoms with Crippen molar-refractivity contribution in [2.24, 2.45) is 0 Å². The van der Waals surface area contributed by atoms with Gasteiger partial charge >= 0.3 is 0 Å². The number of hydrogen-bond donors (Lipinski definition) is 1. The molecule has 6 nitrogen and oxygen atoms in total. The number of para-hydroxylation sites is 1. The number of anilines is 2. The molecule has 1 aliphatic rings. The van der Waals surface area contributed by atoms with Gasteiger partial charge in [0.1, 0.15) is 29.0 Å². The van der Waals surface area contributed by atoms with E-state index in [1.807, 2.05) is 35.8 Å². The van der Waals surface area contributed by atoms with Gasteiger partial charge in [-0.1, -0.05) is 23.7 Å². The summed E-state index contributed by atoms with van der Waals surface area (Å²) in [5.41, 5.74) is 2.93. The van der Waals surface area contributed by atoms with E-state index in [4.69, 9.17) is 21.3 Å². The minimum Gasteiger partial charge on any atom is -0.612 e. The first-order chi connectivity index (χ1) is 13.0. The molecule has 142 valence electrons. The molecule has 0 saturated carbocycles. The summed E-state index contributed by atoms with van der Waals surface area (Å²) < 4.78 is 20.0. The van der Waals surface area contributed by atoms with Gasteiger partial charge in [-0.3, -0.25) is 4.57 Å². The third kappa shape index (κ3) is 3.65. The van der Waals surface area contributed by atoms with Crippen LogP contribution >= 0.6 is 11.6 Å². The van der Waals surface area contributed by atoms with Crippen molar-refractivity contribution >= 4 is 45.3 Å². The zero-order chi connectivity index (χ0) is 19.0. The Balaban J connectivity index is 1.80. The molecule has 1 fully saturated rings. The molecular formula is C19H21ClN4O2S. The fourth-order valence-corrected chi connectivity index (χ4v) is 4.36. The summed E-state index contributed by atoms with van der Waals surface area (Å²) in [5, 5.41) is 3.72. The quantitative estimate of drug-likeness (QED) is 0.509. The molecule has 2 aromatic heterocycles. The standard InChI is InChI=1S/C19H21ClN4O2S/c1-12-21-18-14(22-13-7-3-4-8-15(13)27(2)25)11-16(20)23-19(18)24(12)17-9-5-6-10-26-17/h3-4,7-8,11,17H,5-6,9-10H2,1-2H3,(H,22,23). The van der Waals surface area contributed by atoms with E-state index in [2.05, 4.69) is 10.3 Å². The first-order valence-electron chi connectivity index (χ1n) is 8.91. The van der Waals surface area contributed by atoms with Crippen LogP contribution in [0.2, 0.25) is 5.15 Å². The van der Waals surface area contributed by atoms with Crippen molar-refractivity contribution in [3.8, 4) is 0 Å². The Morgan fingerprint density at radius 2 is 2.07 bits per heavy atom. The Labute approximate surface area is 166 Å². The average molecular weight is 405 g/mol. The maximum absolute atomic E-state index is 12.0. The molecule has 0 aliphatic carbocycles. The second-order valence-corrected chi connectivity index (χ2v) is 8.33. The smallest absolute Gasteiger partial charge is 0.175 e. The van der Waals surface area contributed by atoms with Crippen LogP contribution in [0.15, 0.2) is 35.2 Å². The molecule has 3 aromatic rings. The number of nitrogens with zero attached hydrogens (tertiary/aromatic N) is 3. The van der Waals surface area contributed by atoms with Crippen molar-refractivity contribution in [1.82, 2.24) is 14.5 Å². The molecular weight excluding hydrogens is 384 g/mol. The van der Waals surface area contributed by atoms with Crippen LogP contribution in [-0.4, -0.2) is 32.0 Å². The lowest BCUT2D eigenvalue weighted by Crippen LogP contribution is -2.19. The van der Waals surface area contributed by atoms with Gasteiger partial charge in [-0.05, 0) is 49.5 Å². The van der Waals surface area contributed by atoms with Crippen LogP contribution in [0.25, 0.3) is 11.2 Å². The highest BCUT2D eigenvalue weighted by atomic mass is 35.5. The third-order valence-corrected chi connectivity index (χ3v) is 5.87. The van der Waals surface area contributed by atoms with Crippen LogP contribution in [0.3, 0.4) is 0 Å². The number of halogens is 1. The van der Waals surface area contributed by atoms with Crippen molar-refractivity contribution < 1.29 is 9.29 Å². The molecule has 2 unspecified atom stereocenters. The fourth-order valence-electron chi connectivity index (χ4n) is 3.47. The monoisotopic (exact) mass is 404 g/mol. The van der Waals surface area contributed by atoms with Gasteiger partial charge < -0.3 is 14.6 Å². The van der Waals surface area contributed by atoms with Crippen molar-refractivity contribution in [1.29, 1.82) is 0 Å². The van der Waals surface area contributed by atoms with E-state index in [9.17, 15) is 4.55 Å². The van der Waals surface area contributed by atoms with Crippen molar-refractivity contribution in [3.05, 3.63) is 41.3 Å². The molecule has 0 radical (unpaired) electrons. The predicted octanol–water partition coefficient (Wildman–Crippen LogP) is 4.57. The van der Waals surface area contributed by atoms with Crippen molar-refractivity contribution in [2.75, 3.05) is 18.2 Å². The van der Waals surface area contributed by atoms with Gasteiger partial charge in [-0.15, -0.1) is 0 Å². The minimum absolute atomic E-state index is 0.0713. The highest BCUT2D eigenvalue weighted by Gasteiger charge is 2.23. The Morgan fingerprint density at radius 1 is 1.26 bits per heavy atom. The van der Waals surface area contributed by atoms with Gasteiger partial charge in [0, 0.05) is 12.7 Å². The summed E-state index contributed by atoms with van der Waals surface area (Å²) in [7, 11) is 0. The van der Waals surface area contributed by atoms with Crippen LogP contribution in [0, 0.1) is 6.92 Å². The molecule has 27 heavy (non-hydrogen) atoms. The molecule has 3 heterocycles. The van der Waals surface area contributed by atoms with E-state index in [1.165, 1.54) is 0 Å². The zero-order valence-corrected chi connectivity index (χ0v) is 16.8. The summed E-state index contributed by atoms with van der Waals surface area (Å²) >= 11 is 5.21. The summed E-state index contributed by atoms with van der Waals surface area (Å²) in [6.07, 6.45) is 4.72. The van der Waals surface area contributed by atoms with Gasteiger partial charge in [0.25, 0.3) is 0 Å². The SMILES string of the molecule is Cc1nc2c(Nc3ccccc3[S+](C)[O-])cc(Cl)nc2n1C1CCCCO1. The van der Waals surface area contributed by atoms with Crippen LogP contribution in [0.1, 0.15) is 31.3 Å². The van der Waals surface area contributed by atoms with E-state index in [1.54, 1.807) is 12.3 Å². The maximum Gasteiger partial charge on any atom is 0.175 e. The highest BCUT2D eigenvalue weighted by Crippen LogP contribution is 2.34. The Bertz CT molecular complexity index is 970. The second-order valence-electron chi connectivity index (χ2n) is 6.59. The second kappa shape index (κ2) is 7.67. The lowest BCUT2D eigenvalue weighted by Gasteiger charge is -2.25. The van der Waals surface area contributed by atoms with E-state index < -0.39 is 11.2 Å². The number of rotatable bonds is 4. The number of nitrogens with one attached hydrogen (secondary N) is 1. The van der Waals surface area contributed by atoms with Gasteiger partial charge in [0.05, 0.1) is 11.4 Å². The van der Waals surface area contributed by atoms with Crippen molar-refractivity contribution in [2.45, 2.75) is 37.3 Å². The summed E-state index contributed by atoms with van der Waals surface area (Å²) in [4.78, 5) is 9.97. The zero-order valence-electron chi connectivity index (χ0n) is 15.2.